The second kappa shape index (κ2) is 9.55. The molecule has 1 atom stereocenters. The molecule has 0 bridgehead atoms. The zero-order valence-corrected chi connectivity index (χ0v) is 17.2. The molecule has 154 valence electrons. The molecule has 0 saturated carbocycles. The zero-order chi connectivity index (χ0) is 19.9. The van der Waals surface area contributed by atoms with Crippen LogP contribution < -0.4 is 5.32 Å². The first-order valence-corrected chi connectivity index (χ1v) is 10.9. The standard InChI is InChI=1S/C25H32N2O2/c28-24(19-27-15-7-12-23(27)18-21-8-3-1-4-9-21)26-20-25(13-16-29-17-14-25)22-10-5-2-6-11-22/h1-6,8-11,23H,7,12-20H2,(H,26,28). The number of rotatable bonds is 7. The second-order valence-electron chi connectivity index (χ2n) is 8.49. The van der Waals surface area contributed by atoms with Crippen molar-refractivity contribution in [3.63, 3.8) is 0 Å². The summed E-state index contributed by atoms with van der Waals surface area (Å²) in [6.45, 7) is 3.73. The highest BCUT2D eigenvalue weighted by Gasteiger charge is 2.35. The number of amides is 1. The van der Waals surface area contributed by atoms with E-state index in [4.69, 9.17) is 4.74 Å². The fourth-order valence-corrected chi connectivity index (χ4v) is 4.85. The molecule has 4 heteroatoms. The van der Waals surface area contributed by atoms with Crippen molar-refractivity contribution in [3.05, 3.63) is 71.8 Å². The SMILES string of the molecule is O=C(CN1CCCC1Cc1ccccc1)NCC1(c2ccccc2)CCOCC1. The molecule has 2 aromatic carbocycles. The van der Waals surface area contributed by atoms with Gasteiger partial charge in [-0.25, -0.2) is 0 Å². The average molecular weight is 393 g/mol. The average Bonchev–Trinajstić information content (AvgIpc) is 3.20. The van der Waals surface area contributed by atoms with Gasteiger partial charge in [0.2, 0.25) is 5.91 Å². The molecule has 0 aromatic heterocycles. The van der Waals surface area contributed by atoms with Gasteiger partial charge in [0.05, 0.1) is 6.54 Å². The Morgan fingerprint density at radius 2 is 1.72 bits per heavy atom. The highest BCUT2D eigenvalue weighted by atomic mass is 16.5. The molecule has 0 aliphatic carbocycles. The van der Waals surface area contributed by atoms with Crippen LogP contribution in [0.4, 0.5) is 0 Å². The molecular formula is C25H32N2O2. The highest BCUT2D eigenvalue weighted by molar-refractivity contribution is 5.78. The second-order valence-corrected chi connectivity index (χ2v) is 8.49. The third-order valence-corrected chi connectivity index (χ3v) is 6.62. The Morgan fingerprint density at radius 1 is 1.03 bits per heavy atom. The Balaban J connectivity index is 1.35. The van der Waals surface area contributed by atoms with Crippen LogP contribution in [0.15, 0.2) is 60.7 Å². The number of ether oxygens (including phenoxy) is 1. The van der Waals surface area contributed by atoms with Crippen molar-refractivity contribution in [3.8, 4) is 0 Å². The molecule has 2 fully saturated rings. The van der Waals surface area contributed by atoms with Crippen LogP contribution in [0.5, 0.6) is 0 Å². The third kappa shape index (κ3) is 5.06. The van der Waals surface area contributed by atoms with Crippen molar-refractivity contribution >= 4 is 5.91 Å². The number of benzene rings is 2. The normalized spacial score (nSPS) is 21.7. The Bertz CT molecular complexity index is 772. The molecule has 2 heterocycles. The molecule has 2 aliphatic heterocycles. The molecular weight excluding hydrogens is 360 g/mol. The predicted molar refractivity (Wildman–Crippen MR) is 116 cm³/mol. The number of nitrogens with one attached hydrogen (secondary N) is 1. The lowest BCUT2D eigenvalue weighted by molar-refractivity contribution is -0.123. The van der Waals surface area contributed by atoms with E-state index in [-0.39, 0.29) is 11.3 Å². The molecule has 2 saturated heterocycles. The fourth-order valence-electron chi connectivity index (χ4n) is 4.85. The summed E-state index contributed by atoms with van der Waals surface area (Å²) in [5.74, 6) is 0.145. The lowest BCUT2D eigenvalue weighted by Crippen LogP contribution is -2.47. The molecule has 0 spiro atoms. The molecule has 2 aliphatic rings. The van der Waals surface area contributed by atoms with E-state index >= 15 is 0 Å². The first-order chi connectivity index (χ1) is 14.3. The van der Waals surface area contributed by atoms with E-state index in [1.54, 1.807) is 0 Å². The van der Waals surface area contributed by atoms with Gasteiger partial charge in [-0.2, -0.15) is 0 Å². The molecule has 2 aromatic rings. The Morgan fingerprint density at radius 3 is 2.45 bits per heavy atom. The lowest BCUT2D eigenvalue weighted by atomic mass is 9.74. The summed E-state index contributed by atoms with van der Waals surface area (Å²) >= 11 is 0. The van der Waals surface area contributed by atoms with Gasteiger partial charge in [-0.3, -0.25) is 9.69 Å². The minimum Gasteiger partial charge on any atom is -0.381 e. The third-order valence-electron chi connectivity index (χ3n) is 6.62. The predicted octanol–water partition coefficient (Wildman–Crippen LogP) is 3.56. The van der Waals surface area contributed by atoms with Crippen molar-refractivity contribution in [1.82, 2.24) is 10.2 Å². The fraction of sp³-hybridized carbons (Fsp3) is 0.480. The number of likely N-dealkylation sites (tertiary alicyclic amines) is 1. The Kier molecular flexibility index (Phi) is 6.63. The van der Waals surface area contributed by atoms with E-state index in [9.17, 15) is 4.79 Å². The minimum atomic E-state index is -0.0103. The summed E-state index contributed by atoms with van der Waals surface area (Å²) in [7, 11) is 0. The van der Waals surface area contributed by atoms with Gasteiger partial charge in [0.1, 0.15) is 0 Å². The van der Waals surface area contributed by atoms with Gasteiger partial charge in [0.25, 0.3) is 0 Å². The van der Waals surface area contributed by atoms with Crippen LogP contribution in [-0.2, 0) is 21.4 Å². The van der Waals surface area contributed by atoms with Gasteiger partial charge in [0.15, 0.2) is 0 Å². The maximum atomic E-state index is 12.8. The molecule has 1 N–H and O–H groups in total. The Labute approximate surface area is 174 Å². The van der Waals surface area contributed by atoms with Crippen LogP contribution in [0.2, 0.25) is 0 Å². The van der Waals surface area contributed by atoms with Crippen LogP contribution in [0, 0.1) is 0 Å². The van der Waals surface area contributed by atoms with Crippen LogP contribution in [-0.4, -0.2) is 49.7 Å². The van der Waals surface area contributed by atoms with Crippen LogP contribution >= 0.6 is 0 Å². The quantitative estimate of drug-likeness (QED) is 0.783. The van der Waals surface area contributed by atoms with E-state index in [2.05, 4.69) is 70.9 Å². The maximum absolute atomic E-state index is 12.8. The van der Waals surface area contributed by atoms with E-state index in [0.29, 0.717) is 19.1 Å². The smallest absolute Gasteiger partial charge is 0.234 e. The maximum Gasteiger partial charge on any atom is 0.234 e. The van der Waals surface area contributed by atoms with Gasteiger partial charge < -0.3 is 10.1 Å². The number of nitrogens with zero attached hydrogens (tertiary/aromatic N) is 1. The van der Waals surface area contributed by atoms with Gasteiger partial charge in [-0.15, -0.1) is 0 Å². The molecule has 1 amide bonds. The Hall–Kier alpha value is -2.17. The lowest BCUT2D eigenvalue weighted by Gasteiger charge is -2.38. The highest BCUT2D eigenvalue weighted by Crippen LogP contribution is 2.34. The minimum absolute atomic E-state index is 0.0103. The number of hydrogen-bond donors (Lipinski definition) is 1. The first-order valence-electron chi connectivity index (χ1n) is 10.9. The summed E-state index contributed by atoms with van der Waals surface area (Å²) in [6, 6.07) is 21.7. The van der Waals surface area contributed by atoms with Crippen LogP contribution in [0.25, 0.3) is 0 Å². The van der Waals surface area contributed by atoms with Crippen molar-refractivity contribution < 1.29 is 9.53 Å². The summed E-state index contributed by atoms with van der Waals surface area (Å²) in [4.78, 5) is 15.2. The van der Waals surface area contributed by atoms with E-state index in [1.165, 1.54) is 24.0 Å². The van der Waals surface area contributed by atoms with Crippen molar-refractivity contribution in [1.29, 1.82) is 0 Å². The molecule has 0 radical (unpaired) electrons. The number of carbonyl (C=O) groups excluding carboxylic acids is 1. The van der Waals surface area contributed by atoms with Gasteiger partial charge >= 0.3 is 0 Å². The van der Waals surface area contributed by atoms with Crippen LogP contribution in [0.3, 0.4) is 0 Å². The van der Waals surface area contributed by atoms with Crippen molar-refractivity contribution in [2.75, 3.05) is 32.8 Å². The topological polar surface area (TPSA) is 41.6 Å². The van der Waals surface area contributed by atoms with Crippen molar-refractivity contribution in [2.24, 2.45) is 0 Å². The van der Waals surface area contributed by atoms with Gasteiger partial charge in [0, 0.05) is 31.2 Å². The molecule has 4 nitrogen and oxygen atoms in total. The van der Waals surface area contributed by atoms with Crippen LogP contribution in [0.1, 0.15) is 36.8 Å². The van der Waals surface area contributed by atoms with Crippen molar-refractivity contribution in [2.45, 2.75) is 43.6 Å². The molecule has 29 heavy (non-hydrogen) atoms. The summed E-state index contributed by atoms with van der Waals surface area (Å²) < 4.78 is 5.61. The molecule has 1 unspecified atom stereocenters. The number of carbonyl (C=O) groups is 1. The van der Waals surface area contributed by atoms with E-state index in [1.807, 2.05) is 0 Å². The first kappa shape index (κ1) is 20.1. The van der Waals surface area contributed by atoms with Gasteiger partial charge in [-0.05, 0) is 49.8 Å². The number of hydrogen-bond acceptors (Lipinski definition) is 3. The largest absolute Gasteiger partial charge is 0.381 e. The monoisotopic (exact) mass is 392 g/mol. The summed E-state index contributed by atoms with van der Waals surface area (Å²) in [6.07, 6.45) is 5.29. The summed E-state index contributed by atoms with van der Waals surface area (Å²) in [5.41, 5.74) is 2.66. The zero-order valence-electron chi connectivity index (χ0n) is 17.2. The van der Waals surface area contributed by atoms with Gasteiger partial charge in [-0.1, -0.05) is 60.7 Å². The molecule has 4 rings (SSSR count). The van der Waals surface area contributed by atoms with E-state index in [0.717, 1.165) is 39.0 Å². The summed E-state index contributed by atoms with van der Waals surface area (Å²) in [5, 5.41) is 3.27. The van der Waals surface area contributed by atoms with E-state index < -0.39 is 0 Å².